The second-order valence-corrected chi connectivity index (χ2v) is 7.74. The van der Waals surface area contributed by atoms with Gasteiger partial charge in [0.1, 0.15) is 18.4 Å². The Bertz CT molecular complexity index is 971. The van der Waals surface area contributed by atoms with Crippen LogP contribution in [0.15, 0.2) is 84.9 Å². The van der Waals surface area contributed by atoms with Gasteiger partial charge in [0, 0.05) is 5.69 Å². The van der Waals surface area contributed by atoms with E-state index in [9.17, 15) is 9.59 Å². The van der Waals surface area contributed by atoms with Gasteiger partial charge in [-0.1, -0.05) is 74.5 Å². The fourth-order valence-electron chi connectivity index (χ4n) is 3.14. The molecular formula is C26H28N2O3. The molecule has 3 aromatic rings. The maximum Gasteiger partial charge on any atom is 0.247 e. The number of hydrogen-bond acceptors (Lipinski definition) is 3. The molecule has 0 aliphatic heterocycles. The van der Waals surface area contributed by atoms with E-state index in [4.69, 9.17) is 4.74 Å². The molecule has 5 nitrogen and oxygen atoms in total. The van der Waals surface area contributed by atoms with Gasteiger partial charge in [0.25, 0.3) is 0 Å². The molecule has 0 radical (unpaired) electrons. The minimum Gasteiger partial charge on any atom is -0.489 e. The summed E-state index contributed by atoms with van der Waals surface area (Å²) in [5, 5.41) is 5.74. The van der Waals surface area contributed by atoms with Crippen molar-refractivity contribution in [3.63, 3.8) is 0 Å². The van der Waals surface area contributed by atoms with Crippen molar-refractivity contribution in [2.75, 3.05) is 5.32 Å². The van der Waals surface area contributed by atoms with E-state index in [2.05, 4.69) is 10.6 Å². The van der Waals surface area contributed by atoms with E-state index in [1.165, 1.54) is 0 Å². The third-order valence-corrected chi connectivity index (χ3v) is 4.84. The monoisotopic (exact) mass is 416 g/mol. The molecule has 0 heterocycles. The first-order valence-corrected chi connectivity index (χ1v) is 10.4. The molecule has 0 saturated carbocycles. The Kier molecular flexibility index (Phi) is 7.82. The van der Waals surface area contributed by atoms with Gasteiger partial charge in [-0.3, -0.25) is 9.59 Å². The van der Waals surface area contributed by atoms with E-state index >= 15 is 0 Å². The summed E-state index contributed by atoms with van der Waals surface area (Å²) in [6.07, 6.45) is 0.241. The first-order valence-electron chi connectivity index (χ1n) is 10.4. The van der Waals surface area contributed by atoms with Gasteiger partial charge in [0.2, 0.25) is 11.8 Å². The van der Waals surface area contributed by atoms with Gasteiger partial charge in [-0.15, -0.1) is 0 Å². The van der Waals surface area contributed by atoms with Gasteiger partial charge >= 0.3 is 0 Å². The Morgan fingerprint density at radius 1 is 0.806 bits per heavy atom. The number of carbonyl (C=O) groups excluding carboxylic acids is 2. The molecule has 5 heteroatoms. The summed E-state index contributed by atoms with van der Waals surface area (Å²) in [6.45, 7) is 4.30. The van der Waals surface area contributed by atoms with Gasteiger partial charge in [-0.25, -0.2) is 0 Å². The predicted molar refractivity (Wildman–Crippen MR) is 123 cm³/mol. The smallest absolute Gasteiger partial charge is 0.247 e. The van der Waals surface area contributed by atoms with E-state index in [0.29, 0.717) is 12.3 Å². The Labute approximate surface area is 183 Å². The zero-order valence-corrected chi connectivity index (χ0v) is 17.9. The first kappa shape index (κ1) is 22.1. The number of ether oxygens (including phenoxy) is 1. The number of amides is 2. The van der Waals surface area contributed by atoms with E-state index in [0.717, 1.165) is 16.9 Å². The van der Waals surface area contributed by atoms with Crippen LogP contribution in [0.2, 0.25) is 0 Å². The third kappa shape index (κ3) is 7.00. The minimum absolute atomic E-state index is 0.0480. The van der Waals surface area contributed by atoms with Crippen LogP contribution >= 0.6 is 0 Å². The maximum absolute atomic E-state index is 12.8. The topological polar surface area (TPSA) is 67.4 Å². The van der Waals surface area contributed by atoms with Gasteiger partial charge < -0.3 is 15.4 Å². The lowest BCUT2D eigenvalue weighted by Gasteiger charge is -2.22. The van der Waals surface area contributed by atoms with E-state index < -0.39 is 6.04 Å². The van der Waals surface area contributed by atoms with E-state index in [1.807, 2.05) is 86.6 Å². The summed E-state index contributed by atoms with van der Waals surface area (Å²) in [4.78, 5) is 25.2. The van der Waals surface area contributed by atoms with Crippen LogP contribution in [0.3, 0.4) is 0 Å². The SMILES string of the molecule is CC(C)C(NC(=O)Cc1ccccc1)C(=O)Nc1ccc(OCc2ccccc2)cc1. The molecule has 1 unspecified atom stereocenters. The Hall–Kier alpha value is -3.60. The zero-order valence-electron chi connectivity index (χ0n) is 17.9. The summed E-state index contributed by atoms with van der Waals surface area (Å²) >= 11 is 0. The average Bonchev–Trinajstić information content (AvgIpc) is 2.78. The van der Waals surface area contributed by atoms with Crippen molar-refractivity contribution in [3.05, 3.63) is 96.1 Å². The highest BCUT2D eigenvalue weighted by Crippen LogP contribution is 2.18. The molecule has 0 bridgehead atoms. The number of anilines is 1. The van der Waals surface area contributed by atoms with Crippen LogP contribution in [0.1, 0.15) is 25.0 Å². The maximum atomic E-state index is 12.8. The summed E-state index contributed by atoms with van der Waals surface area (Å²) in [6, 6.07) is 26.0. The van der Waals surface area contributed by atoms with Gasteiger partial charge in [0.15, 0.2) is 0 Å². The molecule has 31 heavy (non-hydrogen) atoms. The van der Waals surface area contributed by atoms with Crippen LogP contribution in [0.5, 0.6) is 5.75 Å². The van der Waals surface area contributed by atoms with Crippen molar-refractivity contribution in [2.45, 2.75) is 32.9 Å². The molecule has 0 spiro atoms. The van der Waals surface area contributed by atoms with Crippen LogP contribution < -0.4 is 15.4 Å². The summed E-state index contributed by atoms with van der Waals surface area (Å²) in [5.74, 6) is 0.255. The average molecular weight is 417 g/mol. The molecule has 0 aromatic heterocycles. The highest BCUT2D eigenvalue weighted by Gasteiger charge is 2.24. The minimum atomic E-state index is -0.620. The lowest BCUT2D eigenvalue weighted by molar-refractivity contribution is -0.127. The molecule has 1 atom stereocenters. The lowest BCUT2D eigenvalue weighted by atomic mass is 10.0. The van der Waals surface area contributed by atoms with Gasteiger partial charge in [-0.05, 0) is 41.3 Å². The Morgan fingerprint density at radius 2 is 1.39 bits per heavy atom. The highest BCUT2D eigenvalue weighted by molar-refractivity contribution is 5.97. The standard InChI is InChI=1S/C26H28N2O3/c1-19(2)25(28-24(29)17-20-9-5-3-6-10-20)26(30)27-22-13-15-23(16-14-22)31-18-21-11-7-4-8-12-21/h3-16,19,25H,17-18H2,1-2H3,(H,27,30)(H,28,29). The van der Waals surface area contributed by atoms with Crippen molar-refractivity contribution in [1.29, 1.82) is 0 Å². The molecule has 2 N–H and O–H groups in total. The van der Waals surface area contributed by atoms with Crippen molar-refractivity contribution < 1.29 is 14.3 Å². The molecule has 3 rings (SSSR count). The van der Waals surface area contributed by atoms with Crippen LogP contribution in [-0.2, 0) is 22.6 Å². The van der Waals surface area contributed by atoms with Crippen LogP contribution in [0, 0.1) is 5.92 Å². The molecule has 0 aliphatic rings. The predicted octanol–water partition coefficient (Wildman–Crippen LogP) is 4.59. The van der Waals surface area contributed by atoms with E-state index in [1.54, 1.807) is 12.1 Å². The quantitative estimate of drug-likeness (QED) is 0.536. The second kappa shape index (κ2) is 11.0. The lowest BCUT2D eigenvalue weighted by Crippen LogP contribution is -2.47. The van der Waals surface area contributed by atoms with Crippen LogP contribution in [0.4, 0.5) is 5.69 Å². The fourth-order valence-corrected chi connectivity index (χ4v) is 3.14. The number of hydrogen-bond donors (Lipinski definition) is 2. The molecule has 0 fully saturated rings. The first-order chi connectivity index (χ1) is 15.0. The highest BCUT2D eigenvalue weighted by atomic mass is 16.5. The van der Waals surface area contributed by atoms with Crippen LogP contribution in [-0.4, -0.2) is 17.9 Å². The van der Waals surface area contributed by atoms with Crippen molar-refractivity contribution in [3.8, 4) is 5.75 Å². The number of carbonyl (C=O) groups is 2. The fraction of sp³-hybridized carbons (Fsp3) is 0.231. The third-order valence-electron chi connectivity index (χ3n) is 4.84. The molecular weight excluding hydrogens is 388 g/mol. The van der Waals surface area contributed by atoms with Crippen molar-refractivity contribution >= 4 is 17.5 Å². The summed E-state index contributed by atoms with van der Waals surface area (Å²) < 4.78 is 5.78. The van der Waals surface area contributed by atoms with Crippen LogP contribution in [0.25, 0.3) is 0 Å². The zero-order chi connectivity index (χ0) is 22.1. The van der Waals surface area contributed by atoms with Crippen molar-refractivity contribution in [2.24, 2.45) is 5.92 Å². The summed E-state index contributed by atoms with van der Waals surface area (Å²) in [7, 11) is 0. The van der Waals surface area contributed by atoms with E-state index in [-0.39, 0.29) is 24.2 Å². The summed E-state index contributed by atoms with van der Waals surface area (Å²) in [5.41, 5.74) is 2.65. The number of benzene rings is 3. The molecule has 0 aliphatic carbocycles. The number of nitrogens with one attached hydrogen (secondary N) is 2. The normalized spacial score (nSPS) is 11.6. The Balaban J connectivity index is 1.54. The van der Waals surface area contributed by atoms with Gasteiger partial charge in [-0.2, -0.15) is 0 Å². The Morgan fingerprint density at radius 3 is 1.97 bits per heavy atom. The van der Waals surface area contributed by atoms with Gasteiger partial charge in [0.05, 0.1) is 6.42 Å². The molecule has 0 saturated heterocycles. The molecule has 160 valence electrons. The van der Waals surface area contributed by atoms with Crippen molar-refractivity contribution in [1.82, 2.24) is 5.32 Å². The second-order valence-electron chi connectivity index (χ2n) is 7.74. The largest absolute Gasteiger partial charge is 0.489 e. The molecule has 2 amide bonds. The number of rotatable bonds is 9. The molecule has 3 aromatic carbocycles.